The van der Waals surface area contributed by atoms with Crippen molar-refractivity contribution < 1.29 is 14.3 Å². The molecule has 1 aromatic rings. The molecule has 0 spiro atoms. The van der Waals surface area contributed by atoms with Crippen molar-refractivity contribution in [1.82, 2.24) is 14.5 Å². The lowest BCUT2D eigenvalue weighted by atomic mass is 10.4. The standard InChI is InChI=1S/C11H16N4O4/c12-9-1-2-15(10(16)13-9)11(17)19-8-5-14-3-6-18-7-4-14/h1-2H,3-8H2,(H2,12,13,16). The van der Waals surface area contributed by atoms with Gasteiger partial charge in [0.2, 0.25) is 0 Å². The smallest absolute Gasteiger partial charge is 0.422 e. The van der Waals surface area contributed by atoms with Gasteiger partial charge in [0.1, 0.15) is 12.4 Å². The number of nitrogens with zero attached hydrogens (tertiary/aromatic N) is 3. The molecule has 19 heavy (non-hydrogen) atoms. The summed E-state index contributed by atoms with van der Waals surface area (Å²) in [6, 6.07) is 1.37. The zero-order valence-corrected chi connectivity index (χ0v) is 10.4. The summed E-state index contributed by atoms with van der Waals surface area (Å²) in [6.07, 6.45) is 0.507. The van der Waals surface area contributed by atoms with Gasteiger partial charge in [-0.3, -0.25) is 4.90 Å². The molecule has 8 nitrogen and oxygen atoms in total. The first kappa shape index (κ1) is 13.5. The highest BCUT2D eigenvalue weighted by Crippen LogP contribution is 1.97. The summed E-state index contributed by atoms with van der Waals surface area (Å²) in [5.74, 6) is 0.0716. The summed E-state index contributed by atoms with van der Waals surface area (Å²) in [5.41, 5.74) is 4.59. The van der Waals surface area contributed by atoms with E-state index in [1.165, 1.54) is 12.3 Å². The van der Waals surface area contributed by atoms with E-state index < -0.39 is 11.8 Å². The molecule has 1 fully saturated rings. The molecule has 0 amide bonds. The predicted molar refractivity (Wildman–Crippen MR) is 66.9 cm³/mol. The molecule has 0 radical (unpaired) electrons. The third-order valence-corrected chi connectivity index (χ3v) is 2.76. The first-order chi connectivity index (χ1) is 9.16. The van der Waals surface area contributed by atoms with Gasteiger partial charge in [0.05, 0.1) is 13.2 Å². The second kappa shape index (κ2) is 6.30. The fourth-order valence-corrected chi connectivity index (χ4v) is 1.71. The van der Waals surface area contributed by atoms with Crippen molar-refractivity contribution in [2.24, 2.45) is 0 Å². The molecule has 0 aliphatic carbocycles. The molecule has 0 saturated carbocycles. The number of nitrogen functional groups attached to an aromatic ring is 1. The normalized spacial score (nSPS) is 16.2. The topological polar surface area (TPSA) is 99.7 Å². The molecule has 1 aliphatic rings. The number of carbonyl (C=O) groups is 1. The van der Waals surface area contributed by atoms with Crippen LogP contribution in [0.1, 0.15) is 0 Å². The highest BCUT2D eigenvalue weighted by atomic mass is 16.6. The number of aromatic nitrogens is 2. The van der Waals surface area contributed by atoms with Crippen molar-refractivity contribution in [2.75, 3.05) is 45.2 Å². The van der Waals surface area contributed by atoms with Crippen molar-refractivity contribution in [1.29, 1.82) is 0 Å². The average molecular weight is 268 g/mol. The lowest BCUT2D eigenvalue weighted by Gasteiger charge is -2.26. The Morgan fingerprint density at radius 3 is 2.89 bits per heavy atom. The molecular formula is C11H16N4O4. The molecule has 2 N–H and O–H groups in total. The van der Waals surface area contributed by atoms with Crippen molar-refractivity contribution in [2.45, 2.75) is 0 Å². The van der Waals surface area contributed by atoms with E-state index in [1.807, 2.05) is 0 Å². The van der Waals surface area contributed by atoms with Crippen LogP contribution in [0.4, 0.5) is 10.6 Å². The Labute approximate surface area is 109 Å². The van der Waals surface area contributed by atoms with E-state index in [9.17, 15) is 9.59 Å². The minimum Gasteiger partial charge on any atom is -0.447 e. The lowest BCUT2D eigenvalue weighted by molar-refractivity contribution is 0.0281. The molecular weight excluding hydrogens is 252 g/mol. The Morgan fingerprint density at radius 1 is 1.47 bits per heavy atom. The fourth-order valence-electron chi connectivity index (χ4n) is 1.71. The van der Waals surface area contributed by atoms with Gasteiger partial charge < -0.3 is 15.2 Å². The van der Waals surface area contributed by atoms with Crippen LogP contribution < -0.4 is 11.4 Å². The molecule has 0 aromatic carbocycles. The van der Waals surface area contributed by atoms with Crippen LogP contribution in [0, 0.1) is 0 Å². The second-order valence-corrected chi connectivity index (χ2v) is 4.07. The van der Waals surface area contributed by atoms with Gasteiger partial charge in [0, 0.05) is 25.8 Å². The first-order valence-electron chi connectivity index (χ1n) is 5.99. The maximum Gasteiger partial charge on any atom is 0.422 e. The highest BCUT2D eigenvalue weighted by Gasteiger charge is 2.12. The van der Waals surface area contributed by atoms with Crippen molar-refractivity contribution >= 4 is 11.9 Å². The van der Waals surface area contributed by atoms with E-state index >= 15 is 0 Å². The van der Waals surface area contributed by atoms with Gasteiger partial charge in [0.25, 0.3) is 0 Å². The maximum absolute atomic E-state index is 11.6. The zero-order valence-electron chi connectivity index (χ0n) is 10.4. The molecule has 1 aliphatic heterocycles. The van der Waals surface area contributed by atoms with Gasteiger partial charge in [-0.1, -0.05) is 0 Å². The molecule has 0 atom stereocenters. The monoisotopic (exact) mass is 268 g/mol. The van der Waals surface area contributed by atoms with Gasteiger partial charge in [-0.2, -0.15) is 4.98 Å². The number of nitrogens with two attached hydrogens (primary N) is 1. The van der Waals surface area contributed by atoms with Crippen LogP contribution in [0.15, 0.2) is 17.1 Å². The molecule has 1 aromatic heterocycles. The molecule has 0 unspecified atom stereocenters. The number of hydrogen-bond donors (Lipinski definition) is 1. The number of rotatable bonds is 3. The van der Waals surface area contributed by atoms with Crippen LogP contribution in [-0.4, -0.2) is 60.0 Å². The van der Waals surface area contributed by atoms with Gasteiger partial charge in [-0.25, -0.2) is 14.2 Å². The minimum absolute atomic E-state index is 0.0716. The summed E-state index contributed by atoms with van der Waals surface area (Å²) in [5, 5.41) is 0. The quantitative estimate of drug-likeness (QED) is 0.761. The molecule has 8 heteroatoms. The molecule has 1 saturated heterocycles. The Hall–Kier alpha value is -1.93. The third-order valence-electron chi connectivity index (χ3n) is 2.76. The fraction of sp³-hybridized carbons (Fsp3) is 0.545. The summed E-state index contributed by atoms with van der Waals surface area (Å²) in [6.45, 7) is 3.86. The second-order valence-electron chi connectivity index (χ2n) is 4.07. The summed E-state index contributed by atoms with van der Waals surface area (Å²) in [4.78, 5) is 28.6. The highest BCUT2D eigenvalue weighted by molar-refractivity contribution is 5.70. The minimum atomic E-state index is -0.745. The van der Waals surface area contributed by atoms with Crippen molar-refractivity contribution in [3.63, 3.8) is 0 Å². The Kier molecular flexibility index (Phi) is 4.48. The van der Waals surface area contributed by atoms with Crippen LogP contribution in [-0.2, 0) is 9.47 Å². The van der Waals surface area contributed by atoms with Gasteiger partial charge in [0.15, 0.2) is 0 Å². The van der Waals surface area contributed by atoms with E-state index in [4.69, 9.17) is 15.2 Å². The lowest BCUT2D eigenvalue weighted by Crippen LogP contribution is -2.39. The van der Waals surface area contributed by atoms with E-state index in [0.29, 0.717) is 19.8 Å². The summed E-state index contributed by atoms with van der Waals surface area (Å²) >= 11 is 0. The molecule has 104 valence electrons. The number of anilines is 1. The predicted octanol–water partition coefficient (Wildman–Crippen LogP) is -0.858. The Bertz CT molecular complexity index is 496. The van der Waals surface area contributed by atoms with Crippen LogP contribution in [0.5, 0.6) is 0 Å². The molecule has 2 rings (SSSR count). The van der Waals surface area contributed by atoms with Gasteiger partial charge in [-0.05, 0) is 6.07 Å². The number of carbonyl (C=O) groups excluding carboxylic acids is 1. The number of hydrogen-bond acceptors (Lipinski definition) is 7. The summed E-state index contributed by atoms with van der Waals surface area (Å²) < 4.78 is 11.0. The van der Waals surface area contributed by atoms with E-state index in [0.717, 1.165) is 17.7 Å². The Balaban J connectivity index is 1.82. The average Bonchev–Trinajstić information content (AvgIpc) is 2.39. The first-order valence-corrected chi connectivity index (χ1v) is 5.99. The zero-order chi connectivity index (χ0) is 13.7. The molecule has 0 bridgehead atoms. The molecule has 2 heterocycles. The summed E-state index contributed by atoms with van der Waals surface area (Å²) in [7, 11) is 0. The maximum atomic E-state index is 11.6. The van der Waals surface area contributed by atoms with E-state index in [2.05, 4.69) is 9.88 Å². The van der Waals surface area contributed by atoms with Crippen LogP contribution >= 0.6 is 0 Å². The van der Waals surface area contributed by atoms with Crippen molar-refractivity contribution in [3.8, 4) is 0 Å². The van der Waals surface area contributed by atoms with E-state index in [-0.39, 0.29) is 12.4 Å². The Morgan fingerprint density at radius 2 is 2.21 bits per heavy atom. The number of morpholine rings is 1. The van der Waals surface area contributed by atoms with Gasteiger partial charge >= 0.3 is 11.8 Å². The largest absolute Gasteiger partial charge is 0.447 e. The number of ether oxygens (including phenoxy) is 2. The van der Waals surface area contributed by atoms with Crippen LogP contribution in [0.3, 0.4) is 0 Å². The van der Waals surface area contributed by atoms with Crippen LogP contribution in [0.2, 0.25) is 0 Å². The SMILES string of the molecule is Nc1ccn(C(=O)OCCN2CCOCC2)c(=O)n1. The third kappa shape index (κ3) is 3.76. The van der Waals surface area contributed by atoms with E-state index in [1.54, 1.807) is 0 Å². The van der Waals surface area contributed by atoms with Crippen molar-refractivity contribution in [3.05, 3.63) is 22.7 Å². The van der Waals surface area contributed by atoms with Crippen LogP contribution in [0.25, 0.3) is 0 Å². The van der Waals surface area contributed by atoms with Gasteiger partial charge in [-0.15, -0.1) is 0 Å².